The van der Waals surface area contributed by atoms with Gasteiger partial charge in [-0.2, -0.15) is 5.10 Å². The van der Waals surface area contributed by atoms with Gasteiger partial charge in [0.1, 0.15) is 0 Å². The molecule has 2 heterocycles. The molecule has 102 valence electrons. The summed E-state index contributed by atoms with van der Waals surface area (Å²) in [5.74, 6) is 0. The smallest absolute Gasteiger partial charge is 0.271 e. The fraction of sp³-hybridized carbons (Fsp3) is 0.143. The summed E-state index contributed by atoms with van der Waals surface area (Å²) in [7, 11) is 1.63. The molecule has 1 aromatic carbocycles. The molecule has 0 fully saturated rings. The number of rotatable bonds is 2. The van der Waals surface area contributed by atoms with Crippen LogP contribution in [0.2, 0.25) is 5.02 Å². The number of hydrogen-bond acceptors (Lipinski definition) is 3. The number of aryl methyl sites for hydroxylation is 1. The van der Waals surface area contributed by atoms with Crippen molar-refractivity contribution >= 4 is 33.9 Å². The van der Waals surface area contributed by atoms with E-state index in [4.69, 9.17) is 11.6 Å². The van der Waals surface area contributed by atoms with Crippen molar-refractivity contribution in [3.63, 3.8) is 0 Å². The predicted molar refractivity (Wildman–Crippen MR) is 80.8 cm³/mol. The monoisotopic (exact) mass is 288 g/mol. The molecule has 0 saturated heterocycles. The van der Waals surface area contributed by atoms with Gasteiger partial charge >= 0.3 is 0 Å². The average molecular weight is 289 g/mol. The van der Waals surface area contributed by atoms with Crippen molar-refractivity contribution in [3.8, 4) is 0 Å². The molecule has 0 saturated carbocycles. The number of benzene rings is 1. The molecule has 2 N–H and O–H groups in total. The Kier molecular flexibility index (Phi) is 2.99. The summed E-state index contributed by atoms with van der Waals surface area (Å²) in [6, 6.07) is 5.69. The Balaban J connectivity index is 2.05. The Labute approximate surface area is 120 Å². The number of nitrogens with one attached hydrogen (secondary N) is 2. The third-order valence-corrected chi connectivity index (χ3v) is 3.59. The standard InChI is InChI=1S/C14H13ClN4O/c1-8-13(7-17-19(2)14(8)20)18-9-5-11(15)10-3-4-16-12(10)6-9/h3-7,16,18H,1-2H3. The van der Waals surface area contributed by atoms with Crippen LogP contribution in [0.4, 0.5) is 11.4 Å². The van der Waals surface area contributed by atoms with E-state index in [-0.39, 0.29) is 5.56 Å². The normalized spacial score (nSPS) is 10.9. The van der Waals surface area contributed by atoms with Crippen molar-refractivity contribution < 1.29 is 0 Å². The van der Waals surface area contributed by atoms with E-state index in [9.17, 15) is 4.79 Å². The molecule has 0 unspecified atom stereocenters. The van der Waals surface area contributed by atoms with E-state index in [1.165, 1.54) is 4.68 Å². The van der Waals surface area contributed by atoms with Gasteiger partial charge in [-0.1, -0.05) is 11.6 Å². The predicted octanol–water partition coefficient (Wildman–Crippen LogP) is 2.97. The molecule has 0 atom stereocenters. The molecular formula is C14H13ClN4O. The zero-order valence-electron chi connectivity index (χ0n) is 11.1. The van der Waals surface area contributed by atoms with Gasteiger partial charge in [-0.15, -0.1) is 0 Å². The molecule has 0 aliphatic heterocycles. The summed E-state index contributed by atoms with van der Waals surface area (Å²) < 4.78 is 1.31. The van der Waals surface area contributed by atoms with Gasteiger partial charge in [0.15, 0.2) is 0 Å². The quantitative estimate of drug-likeness (QED) is 0.762. The Morgan fingerprint density at radius 3 is 3.00 bits per heavy atom. The minimum absolute atomic E-state index is 0.123. The van der Waals surface area contributed by atoms with E-state index >= 15 is 0 Å². The first-order valence-electron chi connectivity index (χ1n) is 6.13. The zero-order chi connectivity index (χ0) is 14.3. The average Bonchev–Trinajstić information content (AvgIpc) is 2.88. The van der Waals surface area contributed by atoms with Crippen molar-refractivity contribution in [1.29, 1.82) is 0 Å². The Morgan fingerprint density at radius 2 is 2.20 bits per heavy atom. The van der Waals surface area contributed by atoms with E-state index in [1.807, 2.05) is 24.4 Å². The maximum Gasteiger partial charge on any atom is 0.271 e. The molecular weight excluding hydrogens is 276 g/mol. The van der Waals surface area contributed by atoms with Gasteiger partial charge in [0.25, 0.3) is 5.56 Å². The van der Waals surface area contributed by atoms with Crippen LogP contribution in [0.25, 0.3) is 10.9 Å². The van der Waals surface area contributed by atoms with Crippen LogP contribution in [0.1, 0.15) is 5.56 Å². The Morgan fingerprint density at radius 1 is 1.40 bits per heavy atom. The molecule has 3 aromatic rings. The second-order valence-electron chi connectivity index (χ2n) is 4.63. The Bertz CT molecular complexity index is 850. The number of nitrogens with zero attached hydrogens (tertiary/aromatic N) is 2. The van der Waals surface area contributed by atoms with Crippen LogP contribution in [0, 0.1) is 6.92 Å². The van der Waals surface area contributed by atoms with Gasteiger partial charge in [0.2, 0.25) is 0 Å². The number of hydrogen-bond donors (Lipinski definition) is 2. The molecule has 2 aromatic heterocycles. The number of H-pyrrole nitrogens is 1. The number of aromatic amines is 1. The van der Waals surface area contributed by atoms with Gasteiger partial charge in [-0.25, -0.2) is 4.68 Å². The maximum absolute atomic E-state index is 11.8. The van der Waals surface area contributed by atoms with Gasteiger partial charge in [-0.05, 0) is 25.1 Å². The van der Waals surface area contributed by atoms with E-state index in [0.29, 0.717) is 16.3 Å². The summed E-state index contributed by atoms with van der Waals surface area (Å²) in [6.07, 6.45) is 3.47. The number of aromatic nitrogens is 3. The van der Waals surface area contributed by atoms with Crippen molar-refractivity contribution in [2.75, 3.05) is 5.32 Å². The lowest BCUT2D eigenvalue weighted by Crippen LogP contribution is -2.22. The van der Waals surface area contributed by atoms with E-state index in [2.05, 4.69) is 15.4 Å². The summed E-state index contributed by atoms with van der Waals surface area (Å²) >= 11 is 6.22. The fourth-order valence-electron chi connectivity index (χ4n) is 2.13. The summed E-state index contributed by atoms with van der Waals surface area (Å²) in [5, 5.41) is 8.82. The van der Waals surface area contributed by atoms with Gasteiger partial charge in [-0.3, -0.25) is 4.79 Å². The molecule has 0 radical (unpaired) electrons. The highest BCUT2D eigenvalue weighted by Gasteiger charge is 2.08. The third kappa shape index (κ3) is 2.06. The van der Waals surface area contributed by atoms with Crippen LogP contribution in [-0.2, 0) is 7.05 Å². The summed E-state index contributed by atoms with van der Waals surface area (Å²) in [4.78, 5) is 15.0. The van der Waals surface area contributed by atoms with Crippen molar-refractivity contribution in [2.24, 2.45) is 7.05 Å². The first kappa shape index (κ1) is 12.7. The minimum atomic E-state index is -0.123. The first-order chi connectivity index (χ1) is 9.56. The highest BCUT2D eigenvalue weighted by Crippen LogP contribution is 2.28. The van der Waals surface area contributed by atoms with Crippen molar-refractivity contribution in [3.05, 3.63) is 51.5 Å². The van der Waals surface area contributed by atoms with Crippen molar-refractivity contribution in [2.45, 2.75) is 6.92 Å². The van der Waals surface area contributed by atoms with Crippen LogP contribution >= 0.6 is 11.6 Å². The number of halogens is 1. The molecule has 5 nitrogen and oxygen atoms in total. The molecule has 6 heteroatoms. The van der Waals surface area contributed by atoms with Crippen LogP contribution in [0.15, 0.2) is 35.4 Å². The SMILES string of the molecule is Cc1c(Nc2cc(Cl)c3cc[nH]c3c2)cnn(C)c1=O. The maximum atomic E-state index is 11.8. The minimum Gasteiger partial charge on any atom is -0.361 e. The lowest BCUT2D eigenvalue weighted by atomic mass is 10.2. The lowest BCUT2D eigenvalue weighted by Gasteiger charge is -2.10. The van der Waals surface area contributed by atoms with E-state index in [1.54, 1.807) is 20.2 Å². The fourth-order valence-corrected chi connectivity index (χ4v) is 2.41. The number of anilines is 2. The molecule has 0 amide bonds. The molecule has 0 bridgehead atoms. The number of fused-ring (bicyclic) bond motifs is 1. The van der Waals surface area contributed by atoms with Crippen LogP contribution < -0.4 is 10.9 Å². The largest absolute Gasteiger partial charge is 0.361 e. The highest BCUT2D eigenvalue weighted by atomic mass is 35.5. The van der Waals surface area contributed by atoms with E-state index < -0.39 is 0 Å². The molecule has 0 spiro atoms. The van der Waals surface area contributed by atoms with Gasteiger partial charge < -0.3 is 10.3 Å². The van der Waals surface area contributed by atoms with Crippen LogP contribution in [0.3, 0.4) is 0 Å². The zero-order valence-corrected chi connectivity index (χ0v) is 11.8. The van der Waals surface area contributed by atoms with Crippen LogP contribution in [-0.4, -0.2) is 14.8 Å². The molecule has 20 heavy (non-hydrogen) atoms. The second-order valence-corrected chi connectivity index (χ2v) is 5.04. The topological polar surface area (TPSA) is 62.7 Å². The molecule has 0 aliphatic rings. The van der Waals surface area contributed by atoms with Gasteiger partial charge in [0.05, 0.1) is 16.9 Å². The molecule has 3 rings (SSSR count). The molecule has 0 aliphatic carbocycles. The first-order valence-corrected chi connectivity index (χ1v) is 6.50. The highest BCUT2D eigenvalue weighted by molar-refractivity contribution is 6.35. The Hall–Kier alpha value is -2.27. The van der Waals surface area contributed by atoms with Crippen molar-refractivity contribution in [1.82, 2.24) is 14.8 Å². The third-order valence-electron chi connectivity index (χ3n) is 3.28. The van der Waals surface area contributed by atoms with Gasteiger partial charge in [0, 0.05) is 35.4 Å². The summed E-state index contributed by atoms with van der Waals surface area (Å²) in [5.41, 5.74) is 2.92. The van der Waals surface area contributed by atoms with E-state index in [0.717, 1.165) is 16.6 Å². The second kappa shape index (κ2) is 4.68. The van der Waals surface area contributed by atoms with Crippen LogP contribution in [0.5, 0.6) is 0 Å². The lowest BCUT2D eigenvalue weighted by molar-refractivity contribution is 0.702. The summed E-state index contributed by atoms with van der Waals surface area (Å²) in [6.45, 7) is 1.77.